The minimum absolute atomic E-state index is 0.0463. The number of Topliss-reactive ketones (excluding diaryl/α,β-unsaturated/α-hetero) is 1. The first-order chi connectivity index (χ1) is 8.04. The Hall–Kier alpha value is -2.18. The van der Waals surface area contributed by atoms with Gasteiger partial charge in [-0.2, -0.15) is 4.80 Å². The van der Waals surface area contributed by atoms with E-state index < -0.39 is 17.4 Å². The molecule has 2 rings (SSSR count). The molecule has 1 aromatic carbocycles. The van der Waals surface area contributed by atoms with Gasteiger partial charge in [0.15, 0.2) is 11.6 Å². The Bertz CT molecular complexity index is 547. The van der Waals surface area contributed by atoms with Gasteiger partial charge >= 0.3 is 0 Å². The first-order valence-corrected chi connectivity index (χ1v) is 4.77. The zero-order chi connectivity index (χ0) is 12.4. The Kier molecular flexibility index (Phi) is 2.90. The molecule has 0 saturated carbocycles. The molecule has 0 aliphatic heterocycles. The third kappa shape index (κ3) is 2.68. The molecule has 0 unspecified atom stereocenters. The molecule has 5 nitrogen and oxygen atoms in total. The lowest BCUT2D eigenvalue weighted by Gasteiger charge is -1.99. The zero-order valence-corrected chi connectivity index (χ0v) is 8.89. The number of aromatic nitrogens is 4. The topological polar surface area (TPSA) is 60.7 Å². The molecular formula is C10H8F2N4O. The Morgan fingerprint density at radius 1 is 1.29 bits per heavy atom. The predicted molar refractivity (Wildman–Crippen MR) is 53.2 cm³/mol. The van der Waals surface area contributed by atoms with Gasteiger partial charge in [0.25, 0.3) is 0 Å². The van der Waals surface area contributed by atoms with Gasteiger partial charge in [0.05, 0.1) is 13.5 Å². The van der Waals surface area contributed by atoms with Gasteiger partial charge in [-0.05, 0) is 17.3 Å². The molecule has 7 heteroatoms. The SMILES string of the molecule is Cn1nnc(CC(=O)c2cc(F)cc(F)c2)n1. The van der Waals surface area contributed by atoms with Crippen LogP contribution in [0.2, 0.25) is 0 Å². The predicted octanol–water partition coefficient (Wildman–Crippen LogP) is 0.914. The summed E-state index contributed by atoms with van der Waals surface area (Å²) in [6.45, 7) is 0. The van der Waals surface area contributed by atoms with E-state index in [0.29, 0.717) is 6.07 Å². The van der Waals surface area contributed by atoms with Crippen LogP contribution in [-0.4, -0.2) is 26.0 Å². The van der Waals surface area contributed by atoms with E-state index in [9.17, 15) is 13.6 Å². The van der Waals surface area contributed by atoms with Crippen molar-refractivity contribution in [3.8, 4) is 0 Å². The molecule has 0 N–H and O–H groups in total. The highest BCUT2D eigenvalue weighted by Gasteiger charge is 2.13. The lowest BCUT2D eigenvalue weighted by Crippen LogP contribution is -2.06. The van der Waals surface area contributed by atoms with Crippen molar-refractivity contribution in [1.82, 2.24) is 20.2 Å². The molecule has 0 amide bonds. The second-order valence-corrected chi connectivity index (χ2v) is 3.45. The van der Waals surface area contributed by atoms with E-state index in [2.05, 4.69) is 15.4 Å². The smallest absolute Gasteiger partial charge is 0.182 e. The highest BCUT2D eigenvalue weighted by atomic mass is 19.1. The maximum absolute atomic E-state index is 12.9. The van der Waals surface area contributed by atoms with Gasteiger partial charge < -0.3 is 0 Å². The summed E-state index contributed by atoms with van der Waals surface area (Å²) >= 11 is 0. The van der Waals surface area contributed by atoms with Gasteiger partial charge in [-0.3, -0.25) is 4.79 Å². The minimum Gasteiger partial charge on any atom is -0.294 e. The lowest BCUT2D eigenvalue weighted by molar-refractivity contribution is 0.0990. The maximum Gasteiger partial charge on any atom is 0.182 e. The normalized spacial score (nSPS) is 10.5. The van der Waals surface area contributed by atoms with Gasteiger partial charge in [-0.15, -0.1) is 10.2 Å². The fraction of sp³-hybridized carbons (Fsp3) is 0.200. The molecule has 88 valence electrons. The Morgan fingerprint density at radius 2 is 1.94 bits per heavy atom. The maximum atomic E-state index is 12.9. The van der Waals surface area contributed by atoms with Crippen molar-refractivity contribution in [1.29, 1.82) is 0 Å². The van der Waals surface area contributed by atoms with Crippen LogP contribution in [0.1, 0.15) is 16.2 Å². The van der Waals surface area contributed by atoms with Crippen LogP contribution in [0, 0.1) is 11.6 Å². The second-order valence-electron chi connectivity index (χ2n) is 3.45. The number of nitrogens with zero attached hydrogens (tertiary/aromatic N) is 4. The summed E-state index contributed by atoms with van der Waals surface area (Å²) in [7, 11) is 1.56. The van der Waals surface area contributed by atoms with E-state index in [1.165, 1.54) is 4.80 Å². The molecule has 0 radical (unpaired) electrons. The Morgan fingerprint density at radius 3 is 2.47 bits per heavy atom. The molecule has 1 aromatic heterocycles. The van der Waals surface area contributed by atoms with E-state index in [0.717, 1.165) is 12.1 Å². The van der Waals surface area contributed by atoms with E-state index in [4.69, 9.17) is 0 Å². The zero-order valence-electron chi connectivity index (χ0n) is 8.89. The highest BCUT2D eigenvalue weighted by Crippen LogP contribution is 2.10. The van der Waals surface area contributed by atoms with Gasteiger partial charge in [-0.1, -0.05) is 0 Å². The molecule has 0 aliphatic rings. The Balaban J connectivity index is 2.19. The number of carbonyl (C=O) groups excluding carboxylic acids is 1. The van der Waals surface area contributed by atoms with Crippen molar-refractivity contribution < 1.29 is 13.6 Å². The molecule has 2 aromatic rings. The average molecular weight is 238 g/mol. The van der Waals surface area contributed by atoms with Crippen molar-refractivity contribution in [2.24, 2.45) is 7.05 Å². The second kappa shape index (κ2) is 4.36. The molecule has 1 heterocycles. The first-order valence-electron chi connectivity index (χ1n) is 4.77. The van der Waals surface area contributed by atoms with Crippen molar-refractivity contribution in [3.63, 3.8) is 0 Å². The molecular weight excluding hydrogens is 230 g/mol. The van der Waals surface area contributed by atoms with Crippen LogP contribution >= 0.6 is 0 Å². The number of benzene rings is 1. The van der Waals surface area contributed by atoms with Crippen molar-refractivity contribution in [3.05, 3.63) is 41.2 Å². The summed E-state index contributed by atoms with van der Waals surface area (Å²) in [6.07, 6.45) is -0.142. The summed E-state index contributed by atoms with van der Waals surface area (Å²) in [5, 5.41) is 11.0. The van der Waals surface area contributed by atoms with Gasteiger partial charge in [0, 0.05) is 11.6 Å². The van der Waals surface area contributed by atoms with E-state index in [1.54, 1.807) is 7.05 Å². The van der Waals surface area contributed by atoms with E-state index >= 15 is 0 Å². The number of halogens is 2. The molecule has 0 aliphatic carbocycles. The molecule has 0 bridgehead atoms. The van der Waals surface area contributed by atoms with Gasteiger partial charge in [0.1, 0.15) is 11.6 Å². The van der Waals surface area contributed by atoms with Gasteiger partial charge in [-0.25, -0.2) is 8.78 Å². The van der Waals surface area contributed by atoms with Gasteiger partial charge in [0.2, 0.25) is 0 Å². The summed E-state index contributed by atoms with van der Waals surface area (Å²) in [4.78, 5) is 12.9. The van der Waals surface area contributed by atoms with E-state index in [-0.39, 0.29) is 17.8 Å². The molecule has 0 atom stereocenters. The van der Waals surface area contributed by atoms with E-state index in [1.807, 2.05) is 0 Å². The quantitative estimate of drug-likeness (QED) is 0.746. The Labute approximate surface area is 95.1 Å². The molecule has 0 spiro atoms. The molecule has 0 fully saturated rings. The van der Waals surface area contributed by atoms with Crippen LogP contribution in [0.15, 0.2) is 18.2 Å². The van der Waals surface area contributed by atoms with Crippen LogP contribution in [0.5, 0.6) is 0 Å². The summed E-state index contributed by atoms with van der Waals surface area (Å²) in [5.41, 5.74) is -0.0463. The summed E-state index contributed by atoms with van der Waals surface area (Å²) < 4.78 is 25.8. The third-order valence-electron chi connectivity index (χ3n) is 2.05. The summed E-state index contributed by atoms with van der Waals surface area (Å²) in [6, 6.07) is 2.65. The summed E-state index contributed by atoms with van der Waals surface area (Å²) in [5.74, 6) is -1.83. The first kappa shape index (κ1) is 11.3. The lowest BCUT2D eigenvalue weighted by atomic mass is 10.1. The van der Waals surface area contributed by atoms with Crippen molar-refractivity contribution in [2.45, 2.75) is 6.42 Å². The monoisotopic (exact) mass is 238 g/mol. The molecule has 0 saturated heterocycles. The van der Waals surface area contributed by atoms with Crippen LogP contribution in [0.4, 0.5) is 8.78 Å². The fourth-order valence-electron chi connectivity index (χ4n) is 1.35. The van der Waals surface area contributed by atoms with Crippen LogP contribution < -0.4 is 0 Å². The van der Waals surface area contributed by atoms with Crippen molar-refractivity contribution in [2.75, 3.05) is 0 Å². The number of aryl methyl sites for hydroxylation is 1. The number of ketones is 1. The largest absolute Gasteiger partial charge is 0.294 e. The fourth-order valence-corrected chi connectivity index (χ4v) is 1.35. The number of carbonyl (C=O) groups is 1. The number of tetrazole rings is 1. The van der Waals surface area contributed by atoms with Crippen molar-refractivity contribution >= 4 is 5.78 Å². The number of rotatable bonds is 3. The van der Waals surface area contributed by atoms with Crippen LogP contribution in [0.3, 0.4) is 0 Å². The van der Waals surface area contributed by atoms with Crippen LogP contribution in [0.25, 0.3) is 0 Å². The van der Waals surface area contributed by atoms with Crippen LogP contribution in [-0.2, 0) is 13.5 Å². The number of hydrogen-bond donors (Lipinski definition) is 0. The molecule has 17 heavy (non-hydrogen) atoms. The third-order valence-corrected chi connectivity index (χ3v) is 2.05. The number of hydrogen-bond acceptors (Lipinski definition) is 4. The average Bonchev–Trinajstić information content (AvgIpc) is 2.62. The minimum atomic E-state index is -0.791. The standard InChI is InChI=1S/C10H8F2N4O/c1-16-14-10(13-15-16)5-9(17)6-2-7(11)4-8(12)3-6/h2-4H,5H2,1H3. The highest BCUT2D eigenvalue weighted by molar-refractivity contribution is 5.97.